The lowest BCUT2D eigenvalue weighted by molar-refractivity contribution is -0.123. The summed E-state index contributed by atoms with van der Waals surface area (Å²) in [4.78, 5) is 25.0. The van der Waals surface area contributed by atoms with Gasteiger partial charge in [-0.25, -0.2) is 0 Å². The van der Waals surface area contributed by atoms with Crippen LogP contribution in [0.2, 0.25) is 10.0 Å². The molecule has 2 aromatic carbocycles. The fourth-order valence-corrected chi connectivity index (χ4v) is 3.90. The monoisotopic (exact) mass is 410 g/mol. The van der Waals surface area contributed by atoms with E-state index in [-0.39, 0.29) is 18.4 Å². The number of aryl methyl sites for hydroxylation is 2. The van der Waals surface area contributed by atoms with Crippen molar-refractivity contribution in [3.8, 4) is 0 Å². The van der Waals surface area contributed by atoms with Gasteiger partial charge in [0.2, 0.25) is 11.8 Å². The van der Waals surface area contributed by atoms with Crippen molar-refractivity contribution in [2.75, 3.05) is 11.9 Å². The smallest absolute Gasteiger partial charge is 0.243 e. The number of halogens is 2. The quantitative estimate of drug-likeness (QED) is 0.669. The van der Waals surface area contributed by atoms with Gasteiger partial charge in [-0.1, -0.05) is 47.5 Å². The Morgan fingerprint density at radius 2 is 1.58 bits per heavy atom. The highest BCUT2D eigenvalue weighted by Gasteiger charge is 2.18. The van der Waals surface area contributed by atoms with Crippen LogP contribution in [0, 0.1) is 13.8 Å². The Labute approximate surface area is 167 Å². The minimum atomic E-state index is -0.444. The maximum Gasteiger partial charge on any atom is 0.243 e. The number of amides is 2. The molecule has 0 aliphatic rings. The summed E-state index contributed by atoms with van der Waals surface area (Å²) in [7, 11) is 0. The van der Waals surface area contributed by atoms with Gasteiger partial charge in [-0.2, -0.15) is 0 Å². The molecule has 0 saturated carbocycles. The molecular weight excluding hydrogens is 391 g/mol. The summed E-state index contributed by atoms with van der Waals surface area (Å²) in [5, 5.41) is 6.03. The molecule has 0 aromatic heterocycles. The molecule has 1 atom stereocenters. The molecule has 0 radical (unpaired) electrons. The number of anilines is 1. The molecule has 0 spiro atoms. The summed E-state index contributed by atoms with van der Waals surface area (Å²) in [6, 6.07) is 11.0. The molecule has 26 heavy (non-hydrogen) atoms. The molecule has 2 N–H and O–H groups in total. The first-order valence-corrected chi connectivity index (χ1v) is 9.67. The van der Waals surface area contributed by atoms with Crippen molar-refractivity contribution in [1.82, 2.24) is 5.32 Å². The highest BCUT2D eigenvalue weighted by molar-refractivity contribution is 8.00. The van der Waals surface area contributed by atoms with Gasteiger partial charge in [0.25, 0.3) is 0 Å². The molecule has 4 nitrogen and oxygen atoms in total. The number of carbonyl (C=O) groups excluding carboxylic acids is 2. The van der Waals surface area contributed by atoms with Crippen LogP contribution in [0.5, 0.6) is 0 Å². The summed E-state index contributed by atoms with van der Waals surface area (Å²) < 4.78 is 0. The predicted molar refractivity (Wildman–Crippen MR) is 109 cm³/mol. The summed E-state index contributed by atoms with van der Waals surface area (Å²) in [6.07, 6.45) is 0. The molecule has 2 aromatic rings. The molecule has 0 unspecified atom stereocenters. The molecule has 0 aliphatic heterocycles. The van der Waals surface area contributed by atoms with Crippen LogP contribution in [0.3, 0.4) is 0 Å². The second kappa shape index (κ2) is 9.31. The second-order valence-corrected chi connectivity index (χ2v) is 8.01. The molecule has 0 aliphatic carbocycles. The van der Waals surface area contributed by atoms with Gasteiger partial charge in [0, 0.05) is 10.6 Å². The van der Waals surface area contributed by atoms with E-state index < -0.39 is 5.25 Å². The Hall–Kier alpha value is -1.69. The third-order valence-corrected chi connectivity index (χ3v) is 5.85. The van der Waals surface area contributed by atoms with Crippen LogP contribution >= 0.6 is 35.0 Å². The third kappa shape index (κ3) is 5.40. The van der Waals surface area contributed by atoms with E-state index in [1.54, 1.807) is 25.1 Å². The number of para-hydroxylation sites is 1. The fraction of sp³-hybridized carbons (Fsp3) is 0.263. The highest BCUT2D eigenvalue weighted by atomic mass is 35.5. The number of hydrogen-bond acceptors (Lipinski definition) is 3. The maximum absolute atomic E-state index is 12.3. The van der Waals surface area contributed by atoms with Crippen LogP contribution in [0.15, 0.2) is 41.3 Å². The molecule has 2 rings (SSSR count). The van der Waals surface area contributed by atoms with E-state index in [9.17, 15) is 9.59 Å². The van der Waals surface area contributed by atoms with Crippen molar-refractivity contribution < 1.29 is 9.59 Å². The molecule has 7 heteroatoms. The van der Waals surface area contributed by atoms with E-state index in [0.29, 0.717) is 14.9 Å². The fourth-order valence-electron chi connectivity index (χ4n) is 2.33. The van der Waals surface area contributed by atoms with E-state index in [4.69, 9.17) is 23.2 Å². The number of nitrogens with one attached hydrogen (secondary N) is 2. The number of rotatable bonds is 6. The highest BCUT2D eigenvalue weighted by Crippen LogP contribution is 2.36. The van der Waals surface area contributed by atoms with Crippen molar-refractivity contribution in [3.63, 3.8) is 0 Å². The van der Waals surface area contributed by atoms with Crippen LogP contribution in [0.1, 0.15) is 18.1 Å². The van der Waals surface area contributed by atoms with Gasteiger partial charge in [-0.05, 0) is 44.0 Å². The zero-order valence-electron chi connectivity index (χ0n) is 14.7. The molecule has 0 saturated heterocycles. The van der Waals surface area contributed by atoms with Gasteiger partial charge in [0.15, 0.2) is 0 Å². The van der Waals surface area contributed by atoms with E-state index in [2.05, 4.69) is 10.6 Å². The Balaban J connectivity index is 1.90. The Morgan fingerprint density at radius 1 is 1.04 bits per heavy atom. The molecular formula is C19H20Cl2N2O2S. The number of hydrogen-bond donors (Lipinski definition) is 2. The summed E-state index contributed by atoms with van der Waals surface area (Å²) in [5.41, 5.74) is 2.72. The van der Waals surface area contributed by atoms with Crippen molar-refractivity contribution in [1.29, 1.82) is 0 Å². The average molecular weight is 411 g/mol. The first-order chi connectivity index (χ1) is 12.3. The topological polar surface area (TPSA) is 58.2 Å². The van der Waals surface area contributed by atoms with Crippen molar-refractivity contribution in [2.24, 2.45) is 0 Å². The van der Waals surface area contributed by atoms with E-state index in [1.807, 2.05) is 32.0 Å². The summed E-state index contributed by atoms with van der Waals surface area (Å²) in [5.74, 6) is -0.536. The normalized spacial score (nSPS) is 11.7. The Bertz CT molecular complexity index is 787. The standard InChI is InChI=1S/C19H20Cl2N2O2S/c1-11-6-4-7-12(2)17(11)23-16(24)10-22-19(25)13(3)26-18-14(20)8-5-9-15(18)21/h4-9,13H,10H2,1-3H3,(H,22,25)(H,23,24)/t13-/m0/s1. The van der Waals surface area contributed by atoms with E-state index in [1.165, 1.54) is 11.8 Å². The van der Waals surface area contributed by atoms with Gasteiger partial charge >= 0.3 is 0 Å². The van der Waals surface area contributed by atoms with Gasteiger partial charge in [-0.3, -0.25) is 9.59 Å². The number of benzene rings is 2. The Kier molecular flexibility index (Phi) is 7.38. The van der Waals surface area contributed by atoms with Crippen LogP contribution in [-0.4, -0.2) is 23.6 Å². The zero-order chi connectivity index (χ0) is 19.3. The minimum Gasteiger partial charge on any atom is -0.346 e. The molecule has 0 bridgehead atoms. The van der Waals surface area contributed by atoms with Crippen molar-refractivity contribution in [3.05, 3.63) is 57.6 Å². The van der Waals surface area contributed by atoms with Gasteiger partial charge in [0.05, 0.1) is 21.8 Å². The SMILES string of the molecule is Cc1cccc(C)c1NC(=O)CNC(=O)[C@H](C)Sc1c(Cl)cccc1Cl. The Morgan fingerprint density at radius 3 is 2.15 bits per heavy atom. The molecule has 0 heterocycles. The van der Waals surface area contributed by atoms with Crippen LogP contribution in [0.4, 0.5) is 5.69 Å². The number of thioether (sulfide) groups is 1. The van der Waals surface area contributed by atoms with Gasteiger partial charge < -0.3 is 10.6 Å². The molecule has 2 amide bonds. The van der Waals surface area contributed by atoms with Crippen molar-refractivity contribution >= 4 is 52.5 Å². The third-order valence-electron chi connectivity index (χ3n) is 3.75. The lowest BCUT2D eigenvalue weighted by Crippen LogP contribution is -2.37. The minimum absolute atomic E-state index is 0.103. The summed E-state index contributed by atoms with van der Waals surface area (Å²) >= 11 is 13.5. The molecule has 138 valence electrons. The predicted octanol–water partition coefficient (Wildman–Crippen LogP) is 4.85. The zero-order valence-corrected chi connectivity index (χ0v) is 17.1. The van der Waals surface area contributed by atoms with E-state index in [0.717, 1.165) is 16.8 Å². The first-order valence-electron chi connectivity index (χ1n) is 8.04. The maximum atomic E-state index is 12.3. The summed E-state index contributed by atoms with van der Waals surface area (Å²) in [6.45, 7) is 5.48. The average Bonchev–Trinajstić information content (AvgIpc) is 2.59. The first kappa shape index (κ1) is 20.6. The largest absolute Gasteiger partial charge is 0.346 e. The van der Waals surface area contributed by atoms with Crippen LogP contribution in [0.25, 0.3) is 0 Å². The number of carbonyl (C=O) groups is 2. The lowest BCUT2D eigenvalue weighted by atomic mass is 10.1. The van der Waals surface area contributed by atoms with Crippen molar-refractivity contribution in [2.45, 2.75) is 30.9 Å². The van der Waals surface area contributed by atoms with Crippen LogP contribution in [-0.2, 0) is 9.59 Å². The van der Waals surface area contributed by atoms with Gasteiger partial charge in [-0.15, -0.1) is 11.8 Å². The van der Waals surface area contributed by atoms with Gasteiger partial charge in [0.1, 0.15) is 0 Å². The van der Waals surface area contributed by atoms with E-state index >= 15 is 0 Å². The molecule has 0 fully saturated rings. The lowest BCUT2D eigenvalue weighted by Gasteiger charge is -2.15. The van der Waals surface area contributed by atoms with Crippen LogP contribution < -0.4 is 10.6 Å². The second-order valence-electron chi connectivity index (χ2n) is 5.84.